The van der Waals surface area contributed by atoms with Crippen LogP contribution in [-0.4, -0.2) is 11.7 Å². The fraction of sp³-hybridized carbons (Fsp3) is 0.308. The zero-order chi connectivity index (χ0) is 11.5. The quantitative estimate of drug-likeness (QED) is 0.790. The lowest BCUT2D eigenvalue weighted by Crippen LogP contribution is -2.19. The van der Waals surface area contributed by atoms with Crippen LogP contribution in [0.3, 0.4) is 0 Å². The van der Waals surface area contributed by atoms with Crippen molar-refractivity contribution in [2.24, 2.45) is 0 Å². The zero-order valence-corrected chi connectivity index (χ0v) is 9.56. The second-order valence-corrected chi connectivity index (χ2v) is 3.77. The van der Waals surface area contributed by atoms with Gasteiger partial charge in [-0.3, -0.25) is 4.79 Å². The van der Waals surface area contributed by atoms with Crippen LogP contribution in [0.1, 0.15) is 13.3 Å². The summed E-state index contributed by atoms with van der Waals surface area (Å²) in [6.07, 6.45) is 2.80. The number of benzene rings is 1. The first-order valence-corrected chi connectivity index (χ1v) is 5.43. The summed E-state index contributed by atoms with van der Waals surface area (Å²) in [5, 5.41) is 1.67. The Balaban J connectivity index is 2.62. The second-order valence-electron chi connectivity index (χ2n) is 3.77. The molecule has 0 amide bonds. The Morgan fingerprint density at radius 2 is 2.12 bits per heavy atom. The van der Waals surface area contributed by atoms with Crippen molar-refractivity contribution >= 4 is 10.8 Å². The van der Waals surface area contributed by atoms with E-state index in [0.717, 1.165) is 29.5 Å². The summed E-state index contributed by atoms with van der Waals surface area (Å²) in [6.45, 7) is 2.82. The highest BCUT2D eigenvalue weighted by molar-refractivity contribution is 5.82. The molecule has 0 saturated heterocycles. The van der Waals surface area contributed by atoms with Gasteiger partial charge in [-0.1, -0.05) is 6.92 Å². The maximum atomic E-state index is 12.0. The number of pyridine rings is 1. The molecule has 2 aromatic rings. The molecule has 1 heterocycles. The average molecular weight is 217 g/mol. The minimum atomic E-state index is 0.0713. The maximum absolute atomic E-state index is 12.0. The van der Waals surface area contributed by atoms with Gasteiger partial charge in [0.25, 0.3) is 5.56 Å². The Morgan fingerprint density at radius 3 is 2.81 bits per heavy atom. The SMILES string of the molecule is CCCn1ccc2cc(OC)ccc2c1=O. The minimum Gasteiger partial charge on any atom is -0.497 e. The molecule has 0 radical (unpaired) electrons. The minimum absolute atomic E-state index is 0.0713. The summed E-state index contributed by atoms with van der Waals surface area (Å²) >= 11 is 0. The molecule has 0 aliphatic heterocycles. The Bertz CT molecular complexity index is 557. The number of nitrogens with zero attached hydrogens (tertiary/aromatic N) is 1. The first-order chi connectivity index (χ1) is 7.76. The molecule has 2 rings (SSSR count). The normalized spacial score (nSPS) is 10.6. The first kappa shape index (κ1) is 10.7. The Morgan fingerprint density at radius 1 is 1.31 bits per heavy atom. The third-order valence-electron chi connectivity index (χ3n) is 2.65. The number of aromatic nitrogens is 1. The zero-order valence-electron chi connectivity index (χ0n) is 9.56. The molecule has 16 heavy (non-hydrogen) atoms. The van der Waals surface area contributed by atoms with E-state index in [2.05, 4.69) is 6.92 Å². The van der Waals surface area contributed by atoms with Crippen molar-refractivity contribution in [3.63, 3.8) is 0 Å². The molecule has 3 heteroatoms. The lowest BCUT2D eigenvalue weighted by molar-refractivity contribution is 0.415. The number of methoxy groups -OCH3 is 1. The number of aryl methyl sites for hydroxylation is 1. The molecule has 0 N–H and O–H groups in total. The third kappa shape index (κ3) is 1.81. The van der Waals surface area contributed by atoms with Gasteiger partial charge in [-0.25, -0.2) is 0 Å². The highest BCUT2D eigenvalue weighted by Gasteiger charge is 2.02. The molecule has 0 atom stereocenters. The maximum Gasteiger partial charge on any atom is 0.258 e. The number of fused-ring (bicyclic) bond motifs is 1. The van der Waals surface area contributed by atoms with Crippen LogP contribution >= 0.6 is 0 Å². The van der Waals surface area contributed by atoms with E-state index in [1.165, 1.54) is 0 Å². The molecule has 0 saturated carbocycles. The molecule has 0 spiro atoms. The van der Waals surface area contributed by atoms with E-state index in [9.17, 15) is 4.79 Å². The molecule has 0 fully saturated rings. The molecule has 84 valence electrons. The van der Waals surface area contributed by atoms with Gasteiger partial charge in [0, 0.05) is 18.1 Å². The molecular weight excluding hydrogens is 202 g/mol. The molecule has 1 aromatic heterocycles. The van der Waals surface area contributed by atoms with Crippen molar-refractivity contribution in [3.05, 3.63) is 40.8 Å². The molecule has 0 bridgehead atoms. The van der Waals surface area contributed by atoms with E-state index in [-0.39, 0.29) is 5.56 Å². The lowest BCUT2D eigenvalue weighted by Gasteiger charge is -2.06. The van der Waals surface area contributed by atoms with Crippen LogP contribution in [0.2, 0.25) is 0 Å². The van der Waals surface area contributed by atoms with Gasteiger partial charge in [0.05, 0.1) is 7.11 Å². The van der Waals surface area contributed by atoms with Crippen LogP contribution in [0.25, 0.3) is 10.8 Å². The lowest BCUT2D eigenvalue weighted by atomic mass is 10.1. The van der Waals surface area contributed by atoms with Gasteiger partial charge in [-0.2, -0.15) is 0 Å². The Labute approximate surface area is 94.3 Å². The molecule has 1 aromatic carbocycles. The largest absolute Gasteiger partial charge is 0.497 e. The summed E-state index contributed by atoms with van der Waals surface area (Å²) in [6, 6.07) is 7.48. The van der Waals surface area contributed by atoms with Crippen LogP contribution in [0.5, 0.6) is 5.75 Å². The van der Waals surface area contributed by atoms with E-state index in [1.54, 1.807) is 11.7 Å². The van der Waals surface area contributed by atoms with E-state index in [1.807, 2.05) is 30.5 Å². The summed E-state index contributed by atoms with van der Waals surface area (Å²) < 4.78 is 6.88. The smallest absolute Gasteiger partial charge is 0.258 e. The second kappa shape index (κ2) is 4.39. The average Bonchev–Trinajstić information content (AvgIpc) is 2.32. The summed E-state index contributed by atoms with van der Waals surface area (Å²) in [4.78, 5) is 12.0. The van der Waals surface area contributed by atoms with Crippen LogP contribution in [0.15, 0.2) is 35.3 Å². The first-order valence-electron chi connectivity index (χ1n) is 5.43. The van der Waals surface area contributed by atoms with Gasteiger partial charge in [-0.15, -0.1) is 0 Å². The highest BCUT2D eigenvalue weighted by Crippen LogP contribution is 2.17. The molecule has 3 nitrogen and oxygen atoms in total. The highest BCUT2D eigenvalue weighted by atomic mass is 16.5. The fourth-order valence-corrected chi connectivity index (χ4v) is 1.81. The van der Waals surface area contributed by atoms with Crippen molar-refractivity contribution < 1.29 is 4.74 Å². The standard InChI is InChI=1S/C13H15NO2/c1-3-7-14-8-6-10-9-11(16-2)4-5-12(10)13(14)15/h4-6,8-9H,3,7H2,1-2H3. The topological polar surface area (TPSA) is 31.2 Å². The number of hydrogen-bond donors (Lipinski definition) is 0. The van der Waals surface area contributed by atoms with Crippen molar-refractivity contribution in [2.45, 2.75) is 19.9 Å². The van der Waals surface area contributed by atoms with Gasteiger partial charge >= 0.3 is 0 Å². The van der Waals surface area contributed by atoms with Crippen molar-refractivity contribution in [1.82, 2.24) is 4.57 Å². The van der Waals surface area contributed by atoms with E-state index in [4.69, 9.17) is 4.74 Å². The van der Waals surface area contributed by atoms with Crippen molar-refractivity contribution in [3.8, 4) is 5.75 Å². The van der Waals surface area contributed by atoms with Gasteiger partial charge in [-0.05, 0) is 36.1 Å². The summed E-state index contributed by atoms with van der Waals surface area (Å²) in [7, 11) is 1.62. The Kier molecular flexibility index (Phi) is 2.95. The van der Waals surface area contributed by atoms with E-state index < -0.39 is 0 Å². The Hall–Kier alpha value is -1.77. The van der Waals surface area contributed by atoms with Gasteiger partial charge in [0.1, 0.15) is 5.75 Å². The molecule has 0 aliphatic carbocycles. The van der Waals surface area contributed by atoms with Crippen LogP contribution < -0.4 is 10.3 Å². The molecule has 0 aliphatic rings. The predicted octanol–water partition coefficient (Wildman–Crippen LogP) is 2.42. The molecular formula is C13H15NO2. The number of hydrogen-bond acceptors (Lipinski definition) is 2. The summed E-state index contributed by atoms with van der Waals surface area (Å²) in [5.41, 5.74) is 0.0713. The van der Waals surface area contributed by atoms with Gasteiger partial charge in [0.15, 0.2) is 0 Å². The van der Waals surface area contributed by atoms with Crippen LogP contribution in [0, 0.1) is 0 Å². The number of rotatable bonds is 3. The van der Waals surface area contributed by atoms with Gasteiger partial charge < -0.3 is 9.30 Å². The monoisotopic (exact) mass is 217 g/mol. The fourth-order valence-electron chi connectivity index (χ4n) is 1.81. The predicted molar refractivity (Wildman–Crippen MR) is 65.1 cm³/mol. The van der Waals surface area contributed by atoms with Crippen molar-refractivity contribution in [1.29, 1.82) is 0 Å². The van der Waals surface area contributed by atoms with Crippen LogP contribution in [0.4, 0.5) is 0 Å². The van der Waals surface area contributed by atoms with E-state index in [0.29, 0.717) is 0 Å². The third-order valence-corrected chi connectivity index (χ3v) is 2.65. The van der Waals surface area contributed by atoms with Crippen molar-refractivity contribution in [2.75, 3.05) is 7.11 Å². The number of ether oxygens (including phenoxy) is 1. The van der Waals surface area contributed by atoms with E-state index >= 15 is 0 Å². The van der Waals surface area contributed by atoms with Crippen LogP contribution in [-0.2, 0) is 6.54 Å². The molecule has 0 unspecified atom stereocenters. The summed E-state index contributed by atoms with van der Waals surface area (Å²) in [5.74, 6) is 0.778. The van der Waals surface area contributed by atoms with Gasteiger partial charge in [0.2, 0.25) is 0 Å².